The van der Waals surface area contributed by atoms with Crippen LogP contribution in [0.5, 0.6) is 0 Å². The highest BCUT2D eigenvalue weighted by atomic mass is 15.2. The molecule has 0 saturated heterocycles. The molecule has 0 aromatic carbocycles. The average molecular weight is 241 g/mol. The van der Waals surface area contributed by atoms with Gasteiger partial charge in [0.2, 0.25) is 0 Å². The Hall–Kier alpha value is -0.120. The van der Waals surface area contributed by atoms with Crippen LogP contribution in [0.1, 0.15) is 40.0 Å². The fraction of sp³-hybridized carbons (Fsp3) is 1.00. The van der Waals surface area contributed by atoms with Gasteiger partial charge in [0, 0.05) is 24.7 Å². The van der Waals surface area contributed by atoms with Crippen molar-refractivity contribution in [3.8, 4) is 0 Å². The summed E-state index contributed by atoms with van der Waals surface area (Å²) in [6.45, 7) is 8.78. The highest BCUT2D eigenvalue weighted by Crippen LogP contribution is 2.36. The molecule has 0 radical (unpaired) electrons. The largest absolute Gasteiger partial charge is 0.326 e. The highest BCUT2D eigenvalue weighted by molar-refractivity contribution is 4.98. The molecule has 0 bridgehead atoms. The van der Waals surface area contributed by atoms with Crippen LogP contribution >= 0.6 is 0 Å². The van der Waals surface area contributed by atoms with Crippen LogP contribution in [0, 0.1) is 5.41 Å². The molecule has 0 aliphatic heterocycles. The highest BCUT2D eigenvalue weighted by Gasteiger charge is 2.40. The predicted molar refractivity (Wildman–Crippen MR) is 75.2 cm³/mol. The van der Waals surface area contributed by atoms with Crippen molar-refractivity contribution in [2.45, 2.75) is 51.6 Å². The second-order valence-electron chi connectivity index (χ2n) is 7.14. The fourth-order valence-corrected chi connectivity index (χ4v) is 2.51. The van der Waals surface area contributed by atoms with Crippen molar-refractivity contribution in [2.24, 2.45) is 11.1 Å². The number of rotatable bonds is 5. The Morgan fingerprint density at radius 3 is 2.00 bits per heavy atom. The van der Waals surface area contributed by atoms with Crippen LogP contribution in [0.25, 0.3) is 0 Å². The zero-order valence-electron chi connectivity index (χ0n) is 12.6. The first kappa shape index (κ1) is 14.9. The Labute approximate surface area is 107 Å². The van der Waals surface area contributed by atoms with Gasteiger partial charge >= 0.3 is 0 Å². The molecule has 0 aromatic heterocycles. The number of hydrogen-bond donors (Lipinski definition) is 1. The molecule has 0 heterocycles. The Morgan fingerprint density at radius 1 is 1.18 bits per heavy atom. The number of likely N-dealkylation sites (N-methyl/N-ethyl adjacent to an activating group) is 2. The maximum absolute atomic E-state index is 6.25. The van der Waals surface area contributed by atoms with Gasteiger partial charge < -0.3 is 15.5 Å². The van der Waals surface area contributed by atoms with Crippen molar-refractivity contribution in [3.05, 3.63) is 0 Å². The molecule has 1 atom stereocenters. The Kier molecular flexibility index (Phi) is 4.61. The second-order valence-corrected chi connectivity index (χ2v) is 7.14. The van der Waals surface area contributed by atoms with E-state index in [1.54, 1.807) is 0 Å². The Morgan fingerprint density at radius 2 is 1.71 bits per heavy atom. The first-order valence-corrected chi connectivity index (χ1v) is 6.79. The summed E-state index contributed by atoms with van der Waals surface area (Å²) in [7, 11) is 6.61. The van der Waals surface area contributed by atoms with Crippen molar-refractivity contribution in [3.63, 3.8) is 0 Å². The van der Waals surface area contributed by atoms with Gasteiger partial charge in [0.15, 0.2) is 0 Å². The van der Waals surface area contributed by atoms with Gasteiger partial charge in [-0.25, -0.2) is 0 Å². The topological polar surface area (TPSA) is 32.5 Å². The smallest absolute Gasteiger partial charge is 0.0330 e. The lowest BCUT2D eigenvalue weighted by molar-refractivity contribution is 0.0235. The van der Waals surface area contributed by atoms with Crippen molar-refractivity contribution in [1.29, 1.82) is 0 Å². The summed E-state index contributed by atoms with van der Waals surface area (Å²) in [6.07, 6.45) is 4.03. The van der Waals surface area contributed by atoms with Crippen LogP contribution in [0.4, 0.5) is 0 Å². The van der Waals surface area contributed by atoms with Crippen LogP contribution in [-0.2, 0) is 0 Å². The van der Waals surface area contributed by atoms with E-state index in [0.29, 0.717) is 5.54 Å². The van der Waals surface area contributed by atoms with Crippen molar-refractivity contribution in [1.82, 2.24) is 9.80 Å². The van der Waals surface area contributed by atoms with Gasteiger partial charge in [0.1, 0.15) is 0 Å². The molecule has 1 fully saturated rings. The summed E-state index contributed by atoms with van der Waals surface area (Å²) < 4.78 is 0. The Balaban J connectivity index is 2.46. The van der Waals surface area contributed by atoms with Crippen LogP contribution in [0.15, 0.2) is 0 Å². The zero-order valence-corrected chi connectivity index (χ0v) is 12.6. The fourth-order valence-electron chi connectivity index (χ4n) is 2.51. The molecule has 1 aliphatic rings. The molecule has 3 nitrogen and oxygen atoms in total. The number of nitrogens with two attached hydrogens (primary N) is 1. The summed E-state index contributed by atoms with van der Waals surface area (Å²) in [5.74, 6) is 0. The van der Waals surface area contributed by atoms with E-state index in [1.807, 2.05) is 0 Å². The van der Waals surface area contributed by atoms with E-state index in [4.69, 9.17) is 5.73 Å². The molecule has 0 amide bonds. The molecular weight excluding hydrogens is 210 g/mol. The molecule has 102 valence electrons. The van der Waals surface area contributed by atoms with Crippen LogP contribution in [0.2, 0.25) is 0 Å². The summed E-state index contributed by atoms with van der Waals surface area (Å²) in [5, 5.41) is 0. The minimum absolute atomic E-state index is 0.194. The molecule has 17 heavy (non-hydrogen) atoms. The molecule has 1 rings (SSSR count). The van der Waals surface area contributed by atoms with E-state index in [1.165, 1.54) is 19.3 Å². The lowest BCUT2D eigenvalue weighted by atomic mass is 9.75. The van der Waals surface area contributed by atoms with Gasteiger partial charge in [0.25, 0.3) is 0 Å². The zero-order chi connectivity index (χ0) is 13.3. The van der Waals surface area contributed by atoms with Crippen LogP contribution < -0.4 is 5.73 Å². The van der Waals surface area contributed by atoms with Gasteiger partial charge in [-0.2, -0.15) is 0 Å². The first-order chi connectivity index (χ1) is 7.67. The molecule has 1 saturated carbocycles. The summed E-state index contributed by atoms with van der Waals surface area (Å²) in [4.78, 5) is 4.81. The molecule has 0 unspecified atom stereocenters. The maximum Gasteiger partial charge on any atom is 0.0330 e. The van der Waals surface area contributed by atoms with Crippen molar-refractivity contribution >= 4 is 0 Å². The monoisotopic (exact) mass is 241 g/mol. The van der Waals surface area contributed by atoms with Gasteiger partial charge in [0.05, 0.1) is 0 Å². The van der Waals surface area contributed by atoms with Gasteiger partial charge in [-0.15, -0.1) is 0 Å². The lowest BCUT2D eigenvalue weighted by Crippen LogP contribution is -2.58. The maximum atomic E-state index is 6.25. The number of nitrogens with zero attached hydrogens (tertiary/aromatic N) is 2. The molecule has 0 aromatic rings. The molecule has 3 heteroatoms. The van der Waals surface area contributed by atoms with Crippen LogP contribution in [0.3, 0.4) is 0 Å². The average Bonchev–Trinajstić information content (AvgIpc) is 2.08. The van der Waals surface area contributed by atoms with E-state index >= 15 is 0 Å². The first-order valence-electron chi connectivity index (χ1n) is 6.79. The minimum atomic E-state index is 0.194. The quantitative estimate of drug-likeness (QED) is 0.796. The predicted octanol–water partition coefficient (Wildman–Crippen LogP) is 1.78. The third-order valence-electron chi connectivity index (χ3n) is 4.42. The normalized spacial score (nSPS) is 21.7. The Bertz CT molecular complexity index is 238. The van der Waals surface area contributed by atoms with E-state index in [-0.39, 0.29) is 11.5 Å². The summed E-state index contributed by atoms with van der Waals surface area (Å²) >= 11 is 0. The third kappa shape index (κ3) is 3.67. The molecule has 1 aliphatic carbocycles. The molecule has 0 spiro atoms. The van der Waals surface area contributed by atoms with Gasteiger partial charge in [-0.05, 0) is 45.8 Å². The van der Waals surface area contributed by atoms with Gasteiger partial charge in [-0.1, -0.05) is 20.8 Å². The van der Waals surface area contributed by atoms with Crippen molar-refractivity contribution in [2.75, 3.05) is 34.2 Å². The van der Waals surface area contributed by atoms with E-state index in [0.717, 1.165) is 13.1 Å². The third-order valence-corrected chi connectivity index (χ3v) is 4.42. The molecule has 2 N–H and O–H groups in total. The van der Waals surface area contributed by atoms with Gasteiger partial charge in [-0.3, -0.25) is 0 Å². The lowest BCUT2D eigenvalue weighted by Gasteiger charge is -2.49. The van der Waals surface area contributed by atoms with Crippen LogP contribution in [-0.4, -0.2) is 55.6 Å². The standard InChI is InChI=1S/C14H31N3/c1-13(2,3)12(15)10-17(6)11-14(16(4)5)8-7-9-14/h12H,7-11,15H2,1-6H3/t12-/m0/s1. The van der Waals surface area contributed by atoms with E-state index in [9.17, 15) is 0 Å². The second kappa shape index (κ2) is 5.25. The van der Waals surface area contributed by atoms with E-state index in [2.05, 4.69) is 51.7 Å². The summed E-state index contributed by atoms with van der Waals surface area (Å²) in [6, 6.07) is 0.242. The van der Waals surface area contributed by atoms with E-state index < -0.39 is 0 Å². The minimum Gasteiger partial charge on any atom is -0.326 e. The molecular formula is C14H31N3. The van der Waals surface area contributed by atoms with Crippen molar-refractivity contribution < 1.29 is 0 Å². The SMILES string of the molecule is CN(C[C@H](N)C(C)(C)C)CC1(N(C)C)CCC1. The number of hydrogen-bond acceptors (Lipinski definition) is 3. The summed E-state index contributed by atoms with van der Waals surface area (Å²) in [5.41, 5.74) is 6.85.